The highest BCUT2D eigenvalue weighted by Crippen LogP contribution is 2.46. The van der Waals surface area contributed by atoms with E-state index in [2.05, 4.69) is 16.1 Å². The summed E-state index contributed by atoms with van der Waals surface area (Å²) in [4.78, 5) is 54.6. The van der Waals surface area contributed by atoms with Gasteiger partial charge in [-0.05, 0) is 73.1 Å². The molecular weight excluding hydrogens is 582 g/mol. The molecule has 246 valence electrons. The van der Waals surface area contributed by atoms with Crippen molar-refractivity contribution in [3.8, 4) is 11.1 Å². The third kappa shape index (κ3) is 11.2. The molecule has 0 spiro atoms. The van der Waals surface area contributed by atoms with E-state index in [-0.39, 0.29) is 55.7 Å². The fourth-order valence-corrected chi connectivity index (χ4v) is 5.04. The van der Waals surface area contributed by atoms with Crippen LogP contribution in [0.4, 0.5) is 10.5 Å². The minimum Gasteiger partial charge on any atom is -0.449 e. The number of anilines is 1. The van der Waals surface area contributed by atoms with E-state index in [9.17, 15) is 19.2 Å². The molecule has 3 rings (SSSR count). The van der Waals surface area contributed by atoms with E-state index in [1.165, 1.54) is 7.05 Å². The molecule has 0 aliphatic heterocycles. The minimum absolute atomic E-state index is 0.0163. The maximum Gasteiger partial charge on any atom is 0.406 e. The van der Waals surface area contributed by atoms with Gasteiger partial charge in [0.1, 0.15) is 6.61 Å². The van der Waals surface area contributed by atoms with Crippen molar-refractivity contribution >= 4 is 29.4 Å². The first-order valence-electron chi connectivity index (χ1n) is 15.3. The molecule has 0 bridgehead atoms. The first kappa shape index (κ1) is 35.6. The Morgan fingerprint density at radius 1 is 0.889 bits per heavy atom. The number of rotatable bonds is 20. The fourth-order valence-electron chi connectivity index (χ4n) is 5.04. The van der Waals surface area contributed by atoms with Gasteiger partial charge in [0.15, 0.2) is 5.78 Å². The fraction of sp³-hybridized carbons (Fsp3) is 0.515. The molecular formula is C33H45N3O9. The second-order valence-electron chi connectivity index (χ2n) is 10.8. The van der Waals surface area contributed by atoms with E-state index >= 15 is 0 Å². The SMILES string of the molecule is CNC(=O)OCC1c2cc(NC(=O)CCCC(=O)NOCCCOC)ccc2-c2ccc(C(=O)CCCOC(C)CCO)cc21. The normalized spacial score (nSPS) is 13.8. The topological polar surface area (TPSA) is 162 Å². The summed E-state index contributed by atoms with van der Waals surface area (Å²) in [7, 11) is 3.08. The number of ether oxygens (including phenoxy) is 3. The molecule has 12 nitrogen and oxygen atoms in total. The third-order valence-corrected chi connectivity index (χ3v) is 7.41. The largest absolute Gasteiger partial charge is 0.449 e. The lowest BCUT2D eigenvalue weighted by Crippen LogP contribution is -2.24. The number of hydroxylamine groups is 1. The number of alkyl carbamates (subject to hydrolysis) is 1. The second-order valence-corrected chi connectivity index (χ2v) is 10.8. The van der Waals surface area contributed by atoms with Crippen LogP contribution in [0.3, 0.4) is 0 Å². The zero-order valence-corrected chi connectivity index (χ0v) is 26.3. The molecule has 2 atom stereocenters. The average molecular weight is 628 g/mol. The van der Waals surface area contributed by atoms with Gasteiger partial charge in [0.2, 0.25) is 11.8 Å². The highest BCUT2D eigenvalue weighted by Gasteiger charge is 2.31. The summed E-state index contributed by atoms with van der Waals surface area (Å²) in [6, 6.07) is 11.1. The van der Waals surface area contributed by atoms with Crippen LogP contribution in [-0.4, -0.2) is 82.1 Å². The van der Waals surface area contributed by atoms with Gasteiger partial charge in [-0.15, -0.1) is 0 Å². The number of amides is 3. The van der Waals surface area contributed by atoms with Gasteiger partial charge in [0.05, 0.1) is 12.7 Å². The van der Waals surface area contributed by atoms with Crippen LogP contribution in [0.2, 0.25) is 0 Å². The third-order valence-electron chi connectivity index (χ3n) is 7.41. The van der Waals surface area contributed by atoms with Gasteiger partial charge in [-0.3, -0.25) is 19.2 Å². The number of fused-ring (bicyclic) bond motifs is 3. The van der Waals surface area contributed by atoms with Crippen molar-refractivity contribution < 1.29 is 43.3 Å². The maximum absolute atomic E-state index is 13.0. The van der Waals surface area contributed by atoms with Crippen molar-refractivity contribution in [1.29, 1.82) is 0 Å². The Hall–Kier alpha value is -3.84. The molecule has 45 heavy (non-hydrogen) atoms. The van der Waals surface area contributed by atoms with E-state index in [1.54, 1.807) is 19.2 Å². The quantitative estimate of drug-likeness (QED) is 0.0962. The monoisotopic (exact) mass is 627 g/mol. The molecule has 1 aliphatic rings. The van der Waals surface area contributed by atoms with Gasteiger partial charge in [-0.25, -0.2) is 10.3 Å². The van der Waals surface area contributed by atoms with Crippen molar-refractivity contribution in [3.63, 3.8) is 0 Å². The summed E-state index contributed by atoms with van der Waals surface area (Å²) in [5.41, 5.74) is 7.10. The minimum atomic E-state index is -0.568. The number of aliphatic hydroxyl groups is 1. The number of hydrogen-bond acceptors (Lipinski definition) is 9. The van der Waals surface area contributed by atoms with Gasteiger partial charge in [0, 0.05) is 70.4 Å². The van der Waals surface area contributed by atoms with Crippen LogP contribution in [-0.2, 0) is 28.6 Å². The summed E-state index contributed by atoms with van der Waals surface area (Å²) in [5, 5.41) is 14.4. The summed E-state index contributed by atoms with van der Waals surface area (Å²) < 4.78 is 16.0. The molecule has 2 unspecified atom stereocenters. The van der Waals surface area contributed by atoms with Crippen molar-refractivity contribution in [2.24, 2.45) is 0 Å². The number of Topliss-reactive ketones (excluding diaryl/α,β-unsaturated/α-hetero) is 1. The summed E-state index contributed by atoms with van der Waals surface area (Å²) in [5.74, 6) is -0.891. The zero-order valence-electron chi connectivity index (χ0n) is 26.3. The zero-order chi connectivity index (χ0) is 32.6. The van der Waals surface area contributed by atoms with Gasteiger partial charge in [0.25, 0.3) is 0 Å². The number of hydrogen-bond donors (Lipinski definition) is 4. The van der Waals surface area contributed by atoms with Crippen LogP contribution in [0.15, 0.2) is 36.4 Å². The standard InChI is InChI=1S/C33H45N3O9/c1-22(14-15-37)43-17-5-7-30(38)23-10-12-25-26-13-11-24(20-28(26)29(27(25)19-23)21-44-33(41)34-2)35-31(39)8-4-9-32(40)36-45-18-6-16-42-3/h10-13,19-20,22,29,37H,4-9,14-18,21H2,1-3H3,(H,34,41)(H,35,39)(H,36,40). The number of carbonyl (C=O) groups excluding carboxylic acids is 4. The predicted octanol–water partition coefficient (Wildman–Crippen LogP) is 4.10. The number of benzene rings is 2. The van der Waals surface area contributed by atoms with Crippen LogP contribution in [0.5, 0.6) is 0 Å². The van der Waals surface area contributed by atoms with Gasteiger partial charge in [-0.2, -0.15) is 0 Å². The molecule has 0 aromatic heterocycles. The van der Waals surface area contributed by atoms with E-state index in [4.69, 9.17) is 24.2 Å². The Bertz CT molecular complexity index is 1300. The molecule has 3 amide bonds. The highest BCUT2D eigenvalue weighted by molar-refractivity contribution is 5.98. The Labute approximate surface area is 264 Å². The summed E-state index contributed by atoms with van der Waals surface area (Å²) >= 11 is 0. The van der Waals surface area contributed by atoms with E-state index < -0.39 is 6.09 Å². The van der Waals surface area contributed by atoms with Gasteiger partial charge < -0.3 is 30.0 Å². The second kappa shape index (κ2) is 18.8. The Kier molecular flexibility index (Phi) is 14.9. The first-order valence-corrected chi connectivity index (χ1v) is 15.3. The average Bonchev–Trinajstić information content (AvgIpc) is 3.33. The van der Waals surface area contributed by atoms with Crippen molar-refractivity contribution in [2.45, 2.75) is 63.9 Å². The number of carbonyl (C=O) groups is 4. The van der Waals surface area contributed by atoms with Crippen molar-refractivity contribution in [3.05, 3.63) is 53.1 Å². The lowest BCUT2D eigenvalue weighted by atomic mass is 9.94. The van der Waals surface area contributed by atoms with Crippen molar-refractivity contribution in [1.82, 2.24) is 10.8 Å². The molecule has 4 N–H and O–H groups in total. The summed E-state index contributed by atoms with van der Waals surface area (Å²) in [6.45, 7) is 3.31. The Morgan fingerprint density at radius 3 is 2.36 bits per heavy atom. The van der Waals surface area contributed by atoms with E-state index in [0.29, 0.717) is 63.2 Å². The molecule has 0 heterocycles. The summed E-state index contributed by atoms with van der Waals surface area (Å²) in [6.07, 6.45) is 2.09. The molecule has 1 aliphatic carbocycles. The molecule has 2 aromatic rings. The number of nitrogens with one attached hydrogen (secondary N) is 3. The molecule has 0 saturated carbocycles. The molecule has 0 saturated heterocycles. The Balaban J connectivity index is 1.63. The smallest absolute Gasteiger partial charge is 0.406 e. The van der Waals surface area contributed by atoms with Crippen LogP contribution < -0.4 is 16.1 Å². The molecule has 12 heteroatoms. The number of aliphatic hydroxyl groups excluding tert-OH is 1. The van der Waals surface area contributed by atoms with Crippen LogP contribution >= 0.6 is 0 Å². The molecule has 0 fully saturated rings. The number of ketones is 1. The van der Waals surface area contributed by atoms with Crippen molar-refractivity contribution in [2.75, 3.05) is 52.5 Å². The lowest BCUT2D eigenvalue weighted by Gasteiger charge is -2.16. The number of methoxy groups -OCH3 is 1. The lowest BCUT2D eigenvalue weighted by molar-refractivity contribution is -0.134. The maximum atomic E-state index is 13.0. The molecule has 2 aromatic carbocycles. The highest BCUT2D eigenvalue weighted by atomic mass is 16.7. The van der Waals surface area contributed by atoms with E-state index in [0.717, 1.165) is 22.3 Å². The van der Waals surface area contributed by atoms with Gasteiger partial charge >= 0.3 is 6.09 Å². The van der Waals surface area contributed by atoms with Gasteiger partial charge in [-0.1, -0.05) is 18.2 Å². The molecule has 0 radical (unpaired) electrons. The van der Waals surface area contributed by atoms with Crippen LogP contribution in [0, 0.1) is 0 Å². The Morgan fingerprint density at radius 2 is 1.62 bits per heavy atom. The predicted molar refractivity (Wildman–Crippen MR) is 168 cm³/mol. The van der Waals surface area contributed by atoms with Crippen LogP contribution in [0.25, 0.3) is 11.1 Å². The van der Waals surface area contributed by atoms with Crippen LogP contribution in [0.1, 0.15) is 79.3 Å². The van der Waals surface area contributed by atoms with E-state index in [1.807, 2.05) is 31.2 Å². The first-order chi connectivity index (χ1) is 21.8.